The summed E-state index contributed by atoms with van der Waals surface area (Å²) in [6.07, 6.45) is 3.37. The van der Waals surface area contributed by atoms with Crippen LogP contribution in [-0.2, 0) is 4.74 Å². The van der Waals surface area contributed by atoms with E-state index in [9.17, 15) is 4.79 Å². The maximum absolute atomic E-state index is 10.8. The van der Waals surface area contributed by atoms with E-state index in [0.29, 0.717) is 5.82 Å². The van der Waals surface area contributed by atoms with Crippen LogP contribution in [-0.4, -0.2) is 35.3 Å². The molecule has 0 radical (unpaired) electrons. The molecule has 0 spiro atoms. The summed E-state index contributed by atoms with van der Waals surface area (Å²) in [7, 11) is 1.70. The van der Waals surface area contributed by atoms with Gasteiger partial charge in [-0.05, 0) is 31.4 Å². The molecule has 1 saturated carbocycles. The smallest absolute Gasteiger partial charge is 0.354 e. The minimum Gasteiger partial charge on any atom is -0.477 e. The van der Waals surface area contributed by atoms with Gasteiger partial charge in [0.05, 0.1) is 12.1 Å². The summed E-state index contributed by atoms with van der Waals surface area (Å²) in [6.45, 7) is 0. The normalized spacial score (nSPS) is 23.6. The van der Waals surface area contributed by atoms with Crippen molar-refractivity contribution in [1.82, 2.24) is 4.98 Å². The van der Waals surface area contributed by atoms with Crippen molar-refractivity contribution < 1.29 is 14.6 Å². The maximum Gasteiger partial charge on any atom is 0.354 e. The molecule has 5 heteroatoms. The standard InChI is InChI=1S/C12H16N2O3/c1-17-10-6-2-4-8(10)13-11-7-3-5-9(14-11)12(15)16/h3,5,7-8,10H,2,4,6H2,1H3,(H,13,14)(H,15,16)/t8-,10-/m1/s1. The second kappa shape index (κ2) is 5.14. The van der Waals surface area contributed by atoms with Crippen LogP contribution in [0.4, 0.5) is 5.82 Å². The van der Waals surface area contributed by atoms with E-state index in [1.54, 1.807) is 19.2 Å². The Morgan fingerprint density at radius 2 is 2.35 bits per heavy atom. The van der Waals surface area contributed by atoms with Gasteiger partial charge in [-0.15, -0.1) is 0 Å². The van der Waals surface area contributed by atoms with E-state index in [1.165, 1.54) is 6.07 Å². The minimum absolute atomic E-state index is 0.0574. The van der Waals surface area contributed by atoms with Crippen LogP contribution < -0.4 is 5.32 Å². The lowest BCUT2D eigenvalue weighted by atomic mass is 10.2. The number of carboxylic acids is 1. The van der Waals surface area contributed by atoms with Gasteiger partial charge < -0.3 is 15.2 Å². The molecule has 1 fully saturated rings. The summed E-state index contributed by atoms with van der Waals surface area (Å²) >= 11 is 0. The highest BCUT2D eigenvalue weighted by molar-refractivity contribution is 5.85. The van der Waals surface area contributed by atoms with Crippen LogP contribution >= 0.6 is 0 Å². The number of rotatable bonds is 4. The van der Waals surface area contributed by atoms with Crippen molar-refractivity contribution in [3.8, 4) is 0 Å². The molecular formula is C12H16N2O3. The lowest BCUT2D eigenvalue weighted by molar-refractivity contribution is 0.0690. The third-order valence-electron chi connectivity index (χ3n) is 3.06. The molecule has 5 nitrogen and oxygen atoms in total. The predicted molar refractivity (Wildman–Crippen MR) is 63.3 cm³/mol. The summed E-state index contributed by atoms with van der Waals surface area (Å²) < 4.78 is 5.37. The van der Waals surface area contributed by atoms with Gasteiger partial charge in [0.15, 0.2) is 5.69 Å². The number of nitrogens with one attached hydrogen (secondary N) is 1. The van der Waals surface area contributed by atoms with Gasteiger partial charge in [-0.2, -0.15) is 0 Å². The fourth-order valence-corrected chi connectivity index (χ4v) is 2.20. The summed E-state index contributed by atoms with van der Waals surface area (Å²) in [6, 6.07) is 5.17. The zero-order valence-electron chi connectivity index (χ0n) is 9.72. The third kappa shape index (κ3) is 2.74. The van der Waals surface area contributed by atoms with Crippen LogP contribution in [0, 0.1) is 0 Å². The van der Waals surface area contributed by atoms with Crippen molar-refractivity contribution in [2.45, 2.75) is 31.4 Å². The van der Waals surface area contributed by atoms with E-state index >= 15 is 0 Å². The van der Waals surface area contributed by atoms with Gasteiger partial charge in [-0.3, -0.25) is 0 Å². The number of ether oxygens (including phenoxy) is 1. The maximum atomic E-state index is 10.8. The number of carboxylic acid groups (broad SMARTS) is 1. The predicted octanol–water partition coefficient (Wildman–Crippen LogP) is 1.76. The Morgan fingerprint density at radius 1 is 1.53 bits per heavy atom. The zero-order valence-corrected chi connectivity index (χ0v) is 9.72. The molecule has 1 aromatic heterocycles. The Bertz CT molecular complexity index is 408. The first-order valence-electron chi connectivity index (χ1n) is 5.70. The number of hydrogen-bond acceptors (Lipinski definition) is 4. The number of methoxy groups -OCH3 is 1. The van der Waals surface area contributed by atoms with E-state index in [1.807, 2.05) is 0 Å². The fourth-order valence-electron chi connectivity index (χ4n) is 2.20. The molecule has 0 unspecified atom stereocenters. The van der Waals surface area contributed by atoms with E-state index in [-0.39, 0.29) is 17.8 Å². The minimum atomic E-state index is -1.01. The number of hydrogen-bond donors (Lipinski definition) is 2. The summed E-state index contributed by atoms with van der Waals surface area (Å²) in [4.78, 5) is 14.8. The second-order valence-corrected chi connectivity index (χ2v) is 4.17. The Kier molecular flexibility index (Phi) is 3.58. The first-order chi connectivity index (χ1) is 8.20. The molecule has 92 valence electrons. The highest BCUT2D eigenvalue weighted by Crippen LogP contribution is 2.24. The van der Waals surface area contributed by atoms with E-state index in [0.717, 1.165) is 19.3 Å². The molecule has 2 N–H and O–H groups in total. The van der Waals surface area contributed by atoms with Crippen molar-refractivity contribution in [3.63, 3.8) is 0 Å². The fraction of sp³-hybridized carbons (Fsp3) is 0.500. The summed E-state index contributed by atoms with van der Waals surface area (Å²) in [5, 5.41) is 12.1. The van der Waals surface area contributed by atoms with Crippen LogP contribution in [0.5, 0.6) is 0 Å². The van der Waals surface area contributed by atoms with Crippen molar-refractivity contribution in [3.05, 3.63) is 23.9 Å². The topological polar surface area (TPSA) is 71.5 Å². The van der Waals surface area contributed by atoms with Crippen LogP contribution in [0.15, 0.2) is 18.2 Å². The van der Waals surface area contributed by atoms with E-state index < -0.39 is 5.97 Å². The number of aromatic carboxylic acids is 1. The number of anilines is 1. The average molecular weight is 236 g/mol. The quantitative estimate of drug-likeness (QED) is 0.833. The second-order valence-electron chi connectivity index (χ2n) is 4.17. The summed E-state index contributed by atoms with van der Waals surface area (Å²) in [5.41, 5.74) is 0.0574. The van der Waals surface area contributed by atoms with Gasteiger partial charge in [0.1, 0.15) is 5.82 Å². The molecule has 2 rings (SSSR count). The van der Waals surface area contributed by atoms with Crippen molar-refractivity contribution in [2.75, 3.05) is 12.4 Å². The van der Waals surface area contributed by atoms with Crippen LogP contribution in [0.2, 0.25) is 0 Å². The van der Waals surface area contributed by atoms with E-state index in [2.05, 4.69) is 10.3 Å². The lowest BCUT2D eigenvalue weighted by Crippen LogP contribution is -2.30. The van der Waals surface area contributed by atoms with Gasteiger partial charge in [0, 0.05) is 7.11 Å². The van der Waals surface area contributed by atoms with Gasteiger partial charge in [0.2, 0.25) is 0 Å². The Balaban J connectivity index is 2.07. The molecule has 1 heterocycles. The molecule has 1 aliphatic rings. The molecule has 1 aliphatic carbocycles. The molecule has 0 aliphatic heterocycles. The Morgan fingerprint density at radius 3 is 3.06 bits per heavy atom. The van der Waals surface area contributed by atoms with Crippen molar-refractivity contribution in [2.24, 2.45) is 0 Å². The van der Waals surface area contributed by atoms with Gasteiger partial charge >= 0.3 is 5.97 Å². The van der Waals surface area contributed by atoms with Crippen molar-refractivity contribution >= 4 is 11.8 Å². The van der Waals surface area contributed by atoms with Crippen LogP contribution in [0.1, 0.15) is 29.8 Å². The molecule has 1 aromatic rings. The monoisotopic (exact) mass is 236 g/mol. The average Bonchev–Trinajstić information content (AvgIpc) is 2.76. The number of aromatic nitrogens is 1. The number of pyridine rings is 1. The molecule has 0 bridgehead atoms. The molecular weight excluding hydrogens is 220 g/mol. The van der Waals surface area contributed by atoms with Gasteiger partial charge in [-0.1, -0.05) is 6.07 Å². The lowest BCUT2D eigenvalue weighted by Gasteiger charge is -2.20. The van der Waals surface area contributed by atoms with Gasteiger partial charge in [0.25, 0.3) is 0 Å². The zero-order chi connectivity index (χ0) is 12.3. The first-order valence-corrected chi connectivity index (χ1v) is 5.70. The largest absolute Gasteiger partial charge is 0.477 e. The highest BCUT2D eigenvalue weighted by Gasteiger charge is 2.27. The molecule has 0 aromatic carbocycles. The number of carbonyl (C=O) groups is 1. The van der Waals surface area contributed by atoms with Crippen LogP contribution in [0.25, 0.3) is 0 Å². The van der Waals surface area contributed by atoms with Gasteiger partial charge in [-0.25, -0.2) is 9.78 Å². The SMILES string of the molecule is CO[C@@H]1CCC[C@H]1Nc1cccc(C(=O)O)n1. The molecule has 17 heavy (non-hydrogen) atoms. The van der Waals surface area contributed by atoms with E-state index in [4.69, 9.17) is 9.84 Å². The Labute approximate surface area is 99.8 Å². The van der Waals surface area contributed by atoms with Crippen LogP contribution in [0.3, 0.4) is 0 Å². The molecule has 0 saturated heterocycles. The molecule has 2 atom stereocenters. The Hall–Kier alpha value is -1.62. The highest BCUT2D eigenvalue weighted by atomic mass is 16.5. The first kappa shape index (κ1) is 11.9. The summed E-state index contributed by atoms with van der Waals surface area (Å²) in [5.74, 6) is -0.415. The number of nitrogens with zero attached hydrogens (tertiary/aromatic N) is 1. The third-order valence-corrected chi connectivity index (χ3v) is 3.06. The van der Waals surface area contributed by atoms with Crippen molar-refractivity contribution in [1.29, 1.82) is 0 Å². The molecule has 0 amide bonds.